The number of hydrogen-bond acceptors (Lipinski definition) is 7. The summed E-state index contributed by atoms with van der Waals surface area (Å²) in [4.78, 5) is 32.0. The summed E-state index contributed by atoms with van der Waals surface area (Å²) in [6.07, 6.45) is 1.79. The molecule has 0 N–H and O–H groups in total. The van der Waals surface area contributed by atoms with E-state index in [4.69, 9.17) is 14.2 Å². The standard InChI is InChI=1S/C28H29BrN2O5S/c1-7-36-27(33)23-16(4)30-28-31(24(23)19-10-8-18(9-11-19)15(2)3)26(32)22(37-28)14-17-12-20(29)25(35-6)21(13-17)34-5/h8-15,24H,7H2,1-6H3. The van der Waals surface area contributed by atoms with Gasteiger partial charge in [0.15, 0.2) is 16.3 Å². The van der Waals surface area contributed by atoms with Gasteiger partial charge in [0, 0.05) is 0 Å². The number of rotatable bonds is 7. The van der Waals surface area contributed by atoms with Crippen LogP contribution in [0.25, 0.3) is 6.08 Å². The Kier molecular flexibility index (Phi) is 8.04. The largest absolute Gasteiger partial charge is 0.493 e. The van der Waals surface area contributed by atoms with Crippen molar-refractivity contribution in [3.8, 4) is 11.5 Å². The van der Waals surface area contributed by atoms with Gasteiger partial charge in [-0.3, -0.25) is 9.36 Å². The molecule has 0 saturated heterocycles. The molecule has 1 aliphatic rings. The van der Waals surface area contributed by atoms with E-state index < -0.39 is 12.0 Å². The van der Waals surface area contributed by atoms with E-state index in [0.29, 0.717) is 42.5 Å². The minimum Gasteiger partial charge on any atom is -0.493 e. The fourth-order valence-corrected chi connectivity index (χ4v) is 6.01. The van der Waals surface area contributed by atoms with E-state index >= 15 is 0 Å². The van der Waals surface area contributed by atoms with Crippen LogP contribution in [-0.4, -0.2) is 31.4 Å². The molecule has 2 heterocycles. The van der Waals surface area contributed by atoms with E-state index in [2.05, 4.69) is 34.8 Å². The SMILES string of the molecule is CCOC(=O)C1=C(C)N=c2sc(=Cc3cc(Br)c(OC)c(OC)c3)c(=O)n2C1c1ccc(C(C)C)cc1. The van der Waals surface area contributed by atoms with Gasteiger partial charge in [-0.2, -0.15) is 0 Å². The van der Waals surface area contributed by atoms with Gasteiger partial charge in [-0.1, -0.05) is 49.4 Å². The molecule has 9 heteroatoms. The van der Waals surface area contributed by atoms with Crippen molar-refractivity contribution in [2.75, 3.05) is 20.8 Å². The van der Waals surface area contributed by atoms with Gasteiger partial charge in [0.25, 0.3) is 5.56 Å². The van der Waals surface area contributed by atoms with Crippen molar-refractivity contribution < 1.29 is 19.0 Å². The van der Waals surface area contributed by atoms with E-state index in [1.165, 1.54) is 16.9 Å². The van der Waals surface area contributed by atoms with Crippen molar-refractivity contribution in [2.45, 2.75) is 39.7 Å². The molecule has 0 aliphatic carbocycles. The molecule has 1 atom stereocenters. The summed E-state index contributed by atoms with van der Waals surface area (Å²) in [5.74, 6) is 0.999. The molecular weight excluding hydrogens is 556 g/mol. The minimum atomic E-state index is -0.643. The number of esters is 1. The second kappa shape index (κ2) is 11.1. The van der Waals surface area contributed by atoms with Crippen molar-refractivity contribution in [3.63, 3.8) is 0 Å². The Morgan fingerprint density at radius 3 is 2.49 bits per heavy atom. The second-order valence-electron chi connectivity index (χ2n) is 8.86. The zero-order valence-electron chi connectivity index (χ0n) is 21.6. The Morgan fingerprint density at radius 2 is 1.89 bits per heavy atom. The first-order valence-corrected chi connectivity index (χ1v) is 13.5. The highest BCUT2D eigenvalue weighted by atomic mass is 79.9. The van der Waals surface area contributed by atoms with Crippen LogP contribution in [0.1, 0.15) is 56.3 Å². The first-order chi connectivity index (χ1) is 17.7. The first kappa shape index (κ1) is 26.9. The van der Waals surface area contributed by atoms with Gasteiger partial charge in [0.1, 0.15) is 0 Å². The molecule has 1 aliphatic heterocycles. The van der Waals surface area contributed by atoms with Crippen molar-refractivity contribution in [2.24, 2.45) is 4.99 Å². The molecule has 194 valence electrons. The molecule has 0 fully saturated rings. The zero-order valence-corrected chi connectivity index (χ0v) is 24.0. The van der Waals surface area contributed by atoms with Crippen molar-refractivity contribution in [1.82, 2.24) is 4.57 Å². The fraction of sp³-hybridized carbons (Fsp3) is 0.321. The maximum absolute atomic E-state index is 13.8. The summed E-state index contributed by atoms with van der Waals surface area (Å²) < 4.78 is 19.0. The van der Waals surface area contributed by atoms with Gasteiger partial charge >= 0.3 is 5.97 Å². The molecule has 3 aromatic rings. The Hall–Kier alpha value is -3.17. The average molecular weight is 586 g/mol. The molecule has 0 amide bonds. The maximum Gasteiger partial charge on any atom is 0.338 e. The van der Waals surface area contributed by atoms with Crippen LogP contribution >= 0.6 is 27.3 Å². The third-order valence-corrected chi connectivity index (χ3v) is 7.76. The number of ether oxygens (including phenoxy) is 3. The topological polar surface area (TPSA) is 79.1 Å². The van der Waals surface area contributed by atoms with Gasteiger partial charge in [-0.05, 0) is 70.6 Å². The number of benzene rings is 2. The molecule has 1 unspecified atom stereocenters. The zero-order chi connectivity index (χ0) is 26.9. The normalized spacial score (nSPS) is 15.5. The van der Waals surface area contributed by atoms with Gasteiger partial charge in [0.05, 0.1) is 47.1 Å². The molecular formula is C28H29BrN2O5S. The summed E-state index contributed by atoms with van der Waals surface area (Å²) in [5.41, 5.74) is 3.43. The molecule has 2 aromatic carbocycles. The lowest BCUT2D eigenvalue weighted by atomic mass is 9.93. The Labute approximate surface area is 227 Å². The lowest BCUT2D eigenvalue weighted by Crippen LogP contribution is -2.39. The maximum atomic E-state index is 13.8. The van der Waals surface area contributed by atoms with Crippen molar-refractivity contribution in [3.05, 3.63) is 88.5 Å². The predicted octanol–water partition coefficient (Wildman–Crippen LogP) is 4.70. The summed E-state index contributed by atoms with van der Waals surface area (Å²) in [5, 5.41) is 0. The predicted molar refractivity (Wildman–Crippen MR) is 148 cm³/mol. The molecule has 0 radical (unpaired) electrons. The van der Waals surface area contributed by atoms with Crippen LogP contribution in [0.3, 0.4) is 0 Å². The van der Waals surface area contributed by atoms with Crippen molar-refractivity contribution in [1.29, 1.82) is 0 Å². The second-order valence-corrected chi connectivity index (χ2v) is 10.7. The number of fused-ring (bicyclic) bond motifs is 1. The third-order valence-electron chi connectivity index (χ3n) is 6.19. The smallest absolute Gasteiger partial charge is 0.338 e. The highest BCUT2D eigenvalue weighted by molar-refractivity contribution is 9.10. The number of halogens is 1. The first-order valence-electron chi connectivity index (χ1n) is 11.9. The van der Waals surface area contributed by atoms with E-state index in [-0.39, 0.29) is 12.2 Å². The van der Waals surface area contributed by atoms with Gasteiger partial charge < -0.3 is 14.2 Å². The van der Waals surface area contributed by atoms with Gasteiger partial charge in [0.2, 0.25) is 0 Å². The molecule has 1 aromatic heterocycles. The summed E-state index contributed by atoms with van der Waals surface area (Å²) in [6, 6.07) is 11.0. The van der Waals surface area contributed by atoms with Crippen LogP contribution in [-0.2, 0) is 9.53 Å². The average Bonchev–Trinajstić information content (AvgIpc) is 3.17. The highest BCUT2D eigenvalue weighted by Crippen LogP contribution is 2.36. The molecule has 37 heavy (non-hydrogen) atoms. The lowest BCUT2D eigenvalue weighted by molar-refractivity contribution is -0.139. The molecule has 0 spiro atoms. The molecule has 0 saturated carbocycles. The number of carbonyl (C=O) groups is 1. The number of hydrogen-bond donors (Lipinski definition) is 0. The number of aromatic nitrogens is 1. The van der Waals surface area contributed by atoms with Crippen molar-refractivity contribution >= 4 is 39.3 Å². The summed E-state index contributed by atoms with van der Waals surface area (Å²) in [7, 11) is 3.13. The van der Waals surface area contributed by atoms with Crippen LogP contribution in [0, 0.1) is 0 Å². The Bertz CT molecular complexity index is 1550. The molecule has 7 nitrogen and oxygen atoms in total. The monoisotopic (exact) mass is 584 g/mol. The fourth-order valence-electron chi connectivity index (χ4n) is 4.34. The number of nitrogens with zero attached hydrogens (tertiary/aromatic N) is 2. The van der Waals surface area contributed by atoms with E-state index in [9.17, 15) is 9.59 Å². The number of thiazole rings is 1. The molecule has 4 rings (SSSR count). The van der Waals surface area contributed by atoms with Gasteiger partial charge in [-0.15, -0.1) is 0 Å². The quantitative estimate of drug-likeness (QED) is 0.376. The molecule has 0 bridgehead atoms. The van der Waals surface area contributed by atoms with E-state index in [1.54, 1.807) is 44.8 Å². The Morgan fingerprint density at radius 1 is 1.19 bits per heavy atom. The van der Waals surface area contributed by atoms with Gasteiger partial charge in [-0.25, -0.2) is 9.79 Å². The third kappa shape index (κ3) is 5.15. The summed E-state index contributed by atoms with van der Waals surface area (Å²) in [6.45, 7) is 8.02. The van der Waals surface area contributed by atoms with E-state index in [0.717, 1.165) is 11.1 Å². The number of carbonyl (C=O) groups excluding carboxylic acids is 1. The number of methoxy groups -OCH3 is 2. The van der Waals surface area contributed by atoms with Crippen LogP contribution in [0.15, 0.2) is 61.9 Å². The van der Waals surface area contributed by atoms with Crippen LogP contribution in [0.5, 0.6) is 11.5 Å². The van der Waals surface area contributed by atoms with E-state index in [1.807, 2.05) is 30.3 Å². The highest BCUT2D eigenvalue weighted by Gasteiger charge is 2.33. The Balaban J connectivity index is 1.93. The van der Waals surface area contributed by atoms with Crippen LogP contribution in [0.4, 0.5) is 0 Å². The minimum absolute atomic E-state index is 0.229. The lowest BCUT2D eigenvalue weighted by Gasteiger charge is -2.25. The van der Waals surface area contributed by atoms with Crippen LogP contribution in [0.2, 0.25) is 0 Å². The van der Waals surface area contributed by atoms with Crippen LogP contribution < -0.4 is 24.4 Å². The number of allylic oxidation sites excluding steroid dienone is 1. The summed E-state index contributed by atoms with van der Waals surface area (Å²) >= 11 is 4.79.